The van der Waals surface area contributed by atoms with Crippen molar-refractivity contribution in [3.05, 3.63) is 54.1 Å². The summed E-state index contributed by atoms with van der Waals surface area (Å²) in [5.74, 6) is 1.59. The zero-order valence-corrected chi connectivity index (χ0v) is 14.4. The van der Waals surface area contributed by atoms with Gasteiger partial charge < -0.3 is 14.8 Å². The van der Waals surface area contributed by atoms with Crippen LogP contribution in [-0.2, 0) is 11.3 Å². The highest BCUT2D eigenvalue weighted by Gasteiger charge is 2.14. The summed E-state index contributed by atoms with van der Waals surface area (Å²) in [6.45, 7) is 2.35. The van der Waals surface area contributed by atoms with Crippen molar-refractivity contribution in [1.29, 1.82) is 0 Å². The van der Waals surface area contributed by atoms with Gasteiger partial charge in [0, 0.05) is 17.0 Å². The van der Waals surface area contributed by atoms with Gasteiger partial charge in [-0.1, -0.05) is 18.2 Å². The molecule has 1 N–H and O–H groups in total. The second kappa shape index (κ2) is 8.48. The average molecular weight is 331 g/mol. The molecule has 2 aromatic rings. The van der Waals surface area contributed by atoms with Crippen LogP contribution in [0.2, 0.25) is 0 Å². The largest absolute Gasteiger partial charge is 0.497 e. The van der Waals surface area contributed by atoms with E-state index < -0.39 is 0 Å². The van der Waals surface area contributed by atoms with Crippen LogP contribution in [0.4, 0.5) is 0 Å². The number of benzene rings is 2. The molecule has 0 aliphatic carbocycles. The lowest BCUT2D eigenvalue weighted by atomic mass is 10.2. The third-order valence-corrected chi connectivity index (χ3v) is 4.50. The van der Waals surface area contributed by atoms with Gasteiger partial charge in [0.25, 0.3) is 0 Å². The van der Waals surface area contributed by atoms with Crippen molar-refractivity contribution in [1.82, 2.24) is 5.32 Å². The number of nitrogens with one attached hydrogen (secondary N) is 1. The SMILES string of the molecule is COc1ccc(S[C@H](C)C(=O)NCc2ccccc2OC)cc1. The highest BCUT2D eigenvalue weighted by Crippen LogP contribution is 2.25. The van der Waals surface area contributed by atoms with Crippen molar-refractivity contribution in [3.8, 4) is 11.5 Å². The predicted octanol–water partition coefficient (Wildman–Crippen LogP) is 3.50. The van der Waals surface area contributed by atoms with E-state index in [1.165, 1.54) is 11.8 Å². The molecule has 0 fully saturated rings. The Morgan fingerprint density at radius 3 is 2.43 bits per heavy atom. The lowest BCUT2D eigenvalue weighted by molar-refractivity contribution is -0.120. The van der Waals surface area contributed by atoms with Crippen LogP contribution in [0.1, 0.15) is 12.5 Å². The van der Waals surface area contributed by atoms with Crippen LogP contribution < -0.4 is 14.8 Å². The number of ether oxygens (including phenoxy) is 2. The summed E-state index contributed by atoms with van der Waals surface area (Å²) in [5.41, 5.74) is 0.963. The Bertz CT molecular complexity index is 643. The van der Waals surface area contributed by atoms with Gasteiger partial charge >= 0.3 is 0 Å². The maximum absolute atomic E-state index is 12.2. The van der Waals surface area contributed by atoms with Crippen LogP contribution in [0.5, 0.6) is 11.5 Å². The van der Waals surface area contributed by atoms with Gasteiger partial charge in [0.2, 0.25) is 5.91 Å². The van der Waals surface area contributed by atoms with Gasteiger partial charge in [0.15, 0.2) is 0 Å². The molecule has 0 saturated carbocycles. The molecule has 0 saturated heterocycles. The first-order valence-corrected chi connectivity index (χ1v) is 8.22. The topological polar surface area (TPSA) is 47.6 Å². The number of carbonyl (C=O) groups is 1. The van der Waals surface area contributed by atoms with E-state index in [2.05, 4.69) is 5.32 Å². The summed E-state index contributed by atoms with van der Waals surface area (Å²) in [6.07, 6.45) is 0. The Balaban J connectivity index is 1.89. The molecule has 1 atom stereocenters. The number of hydrogen-bond donors (Lipinski definition) is 1. The van der Waals surface area contributed by atoms with Gasteiger partial charge in [0.1, 0.15) is 11.5 Å². The van der Waals surface area contributed by atoms with Crippen molar-refractivity contribution < 1.29 is 14.3 Å². The number of para-hydroxylation sites is 1. The van der Waals surface area contributed by atoms with Gasteiger partial charge in [-0.25, -0.2) is 0 Å². The van der Waals surface area contributed by atoms with Crippen LogP contribution in [0, 0.1) is 0 Å². The molecule has 1 amide bonds. The summed E-state index contributed by atoms with van der Waals surface area (Å²) >= 11 is 1.52. The molecule has 0 unspecified atom stereocenters. The van der Waals surface area contributed by atoms with Crippen LogP contribution in [0.3, 0.4) is 0 Å². The molecule has 0 radical (unpaired) electrons. The molecule has 0 heterocycles. The van der Waals surface area contributed by atoms with Gasteiger partial charge in [0.05, 0.1) is 19.5 Å². The molecule has 0 aliphatic rings. The number of hydrogen-bond acceptors (Lipinski definition) is 4. The van der Waals surface area contributed by atoms with Gasteiger partial charge in [-0.2, -0.15) is 0 Å². The Morgan fingerprint density at radius 2 is 1.78 bits per heavy atom. The van der Waals surface area contributed by atoms with Crippen molar-refractivity contribution in [2.24, 2.45) is 0 Å². The van der Waals surface area contributed by atoms with Crippen LogP contribution in [-0.4, -0.2) is 25.4 Å². The van der Waals surface area contributed by atoms with E-state index >= 15 is 0 Å². The molecular formula is C18H21NO3S. The molecule has 2 rings (SSSR count). The number of carbonyl (C=O) groups excluding carboxylic acids is 1. The molecule has 0 spiro atoms. The molecule has 23 heavy (non-hydrogen) atoms. The highest BCUT2D eigenvalue weighted by molar-refractivity contribution is 8.00. The van der Waals surface area contributed by atoms with E-state index in [0.29, 0.717) is 6.54 Å². The van der Waals surface area contributed by atoms with Crippen LogP contribution in [0.25, 0.3) is 0 Å². The molecule has 0 aliphatic heterocycles. The maximum Gasteiger partial charge on any atom is 0.233 e. The fourth-order valence-corrected chi connectivity index (χ4v) is 2.98. The first kappa shape index (κ1) is 17.2. The fraction of sp³-hybridized carbons (Fsp3) is 0.278. The molecule has 0 aromatic heterocycles. The second-order valence-electron chi connectivity index (χ2n) is 4.97. The Kier molecular flexibility index (Phi) is 6.35. The van der Waals surface area contributed by atoms with Gasteiger partial charge in [-0.3, -0.25) is 4.79 Å². The third kappa shape index (κ3) is 4.93. The van der Waals surface area contributed by atoms with Crippen molar-refractivity contribution >= 4 is 17.7 Å². The van der Waals surface area contributed by atoms with E-state index in [1.807, 2.05) is 55.5 Å². The van der Waals surface area contributed by atoms with Crippen LogP contribution >= 0.6 is 11.8 Å². The molecule has 2 aromatic carbocycles. The second-order valence-corrected chi connectivity index (χ2v) is 6.38. The number of methoxy groups -OCH3 is 2. The summed E-state index contributed by atoms with van der Waals surface area (Å²) in [6, 6.07) is 15.4. The van der Waals surface area contributed by atoms with Gasteiger partial charge in [-0.15, -0.1) is 11.8 Å². The third-order valence-electron chi connectivity index (χ3n) is 3.39. The fourth-order valence-electron chi connectivity index (χ4n) is 2.09. The van der Waals surface area contributed by atoms with E-state index in [0.717, 1.165) is 22.0 Å². The maximum atomic E-state index is 12.2. The number of amides is 1. The zero-order valence-electron chi connectivity index (χ0n) is 13.5. The van der Waals surface area contributed by atoms with Crippen molar-refractivity contribution in [2.75, 3.05) is 14.2 Å². The molecule has 4 nitrogen and oxygen atoms in total. The van der Waals surface area contributed by atoms with E-state index in [-0.39, 0.29) is 11.2 Å². The summed E-state index contributed by atoms with van der Waals surface area (Å²) in [5, 5.41) is 2.77. The minimum absolute atomic E-state index is 0.00303. The summed E-state index contributed by atoms with van der Waals surface area (Å²) < 4.78 is 10.4. The van der Waals surface area contributed by atoms with Crippen molar-refractivity contribution in [2.45, 2.75) is 23.6 Å². The molecular weight excluding hydrogens is 310 g/mol. The lowest BCUT2D eigenvalue weighted by Gasteiger charge is -2.13. The quantitative estimate of drug-likeness (QED) is 0.789. The standard InChI is InChI=1S/C18H21NO3S/c1-13(23-16-10-8-15(21-2)9-11-16)18(20)19-12-14-6-4-5-7-17(14)22-3/h4-11,13H,12H2,1-3H3,(H,19,20)/t13-/m1/s1. The van der Waals surface area contributed by atoms with Crippen LogP contribution in [0.15, 0.2) is 53.4 Å². The van der Waals surface area contributed by atoms with E-state index in [9.17, 15) is 4.79 Å². The lowest BCUT2D eigenvalue weighted by Crippen LogP contribution is -2.30. The average Bonchev–Trinajstić information content (AvgIpc) is 2.60. The first-order chi connectivity index (χ1) is 11.1. The first-order valence-electron chi connectivity index (χ1n) is 7.34. The smallest absolute Gasteiger partial charge is 0.233 e. The Hall–Kier alpha value is -2.14. The predicted molar refractivity (Wildman–Crippen MR) is 93.2 cm³/mol. The van der Waals surface area contributed by atoms with E-state index in [1.54, 1.807) is 14.2 Å². The Labute approximate surface area is 141 Å². The van der Waals surface area contributed by atoms with Gasteiger partial charge in [-0.05, 0) is 37.3 Å². The normalized spacial score (nSPS) is 11.6. The molecule has 122 valence electrons. The zero-order chi connectivity index (χ0) is 16.7. The van der Waals surface area contributed by atoms with E-state index in [4.69, 9.17) is 9.47 Å². The number of thioether (sulfide) groups is 1. The Morgan fingerprint density at radius 1 is 1.09 bits per heavy atom. The summed E-state index contributed by atoms with van der Waals surface area (Å²) in [7, 11) is 3.26. The summed E-state index contributed by atoms with van der Waals surface area (Å²) in [4.78, 5) is 13.3. The number of rotatable bonds is 7. The molecule has 0 bridgehead atoms. The molecule has 5 heteroatoms. The minimum Gasteiger partial charge on any atom is -0.497 e. The monoisotopic (exact) mass is 331 g/mol. The minimum atomic E-state index is -0.182. The van der Waals surface area contributed by atoms with Crippen molar-refractivity contribution in [3.63, 3.8) is 0 Å². The highest BCUT2D eigenvalue weighted by atomic mass is 32.2.